The molecule has 0 saturated heterocycles. The zero-order valence-electron chi connectivity index (χ0n) is 9.67. The van der Waals surface area contributed by atoms with Crippen LogP contribution in [0.25, 0.3) is 0 Å². The Morgan fingerprint density at radius 3 is 2.71 bits per heavy atom. The fourth-order valence-corrected chi connectivity index (χ4v) is 1.49. The number of carbonyl (C=O) groups excluding carboxylic acids is 1. The Bertz CT molecular complexity index is 422. The van der Waals surface area contributed by atoms with Crippen LogP contribution in [-0.2, 0) is 22.5 Å². The zero-order chi connectivity index (χ0) is 13.0. The Balaban J connectivity index is 3.16. The molecular weight excluding hydrogens is 230 g/mol. The molecule has 0 aromatic carbocycles. The molecule has 1 heterocycles. The Morgan fingerprint density at radius 1 is 1.59 bits per heavy atom. The van der Waals surface area contributed by atoms with E-state index in [2.05, 4.69) is 9.72 Å². The molecule has 0 aliphatic rings. The highest BCUT2D eigenvalue weighted by atomic mass is 19.3. The molecule has 1 aromatic rings. The van der Waals surface area contributed by atoms with Crippen LogP contribution in [-0.4, -0.2) is 18.1 Å². The standard InChI is InChI=1S/C11H14F2N2O2/c1-6-8(11(12)13)3-7(4-10(16)17-2)9(5-14)15-6/h3,11H,4-5,14H2,1-2H3. The number of nitrogens with zero attached hydrogens (tertiary/aromatic N) is 1. The van der Waals surface area contributed by atoms with Crippen LogP contribution in [0.4, 0.5) is 8.78 Å². The summed E-state index contributed by atoms with van der Waals surface area (Å²) < 4.78 is 29.8. The third-order valence-electron chi connectivity index (χ3n) is 2.41. The van der Waals surface area contributed by atoms with Gasteiger partial charge in [-0.1, -0.05) is 0 Å². The zero-order valence-corrected chi connectivity index (χ0v) is 9.67. The van der Waals surface area contributed by atoms with E-state index in [9.17, 15) is 13.6 Å². The normalized spacial score (nSPS) is 10.7. The van der Waals surface area contributed by atoms with Gasteiger partial charge in [-0.2, -0.15) is 0 Å². The van der Waals surface area contributed by atoms with Crippen LogP contribution in [0.5, 0.6) is 0 Å². The predicted octanol–water partition coefficient (Wildman–Crippen LogP) is 1.50. The Labute approximate surface area is 97.8 Å². The van der Waals surface area contributed by atoms with Crippen LogP contribution in [0.2, 0.25) is 0 Å². The first-order chi connectivity index (χ1) is 7.99. The molecule has 1 aromatic heterocycles. The molecule has 0 amide bonds. The smallest absolute Gasteiger partial charge is 0.310 e. The van der Waals surface area contributed by atoms with Crippen molar-refractivity contribution in [1.29, 1.82) is 0 Å². The highest BCUT2D eigenvalue weighted by Crippen LogP contribution is 2.24. The second-order valence-electron chi connectivity index (χ2n) is 3.53. The maximum Gasteiger partial charge on any atom is 0.310 e. The molecule has 17 heavy (non-hydrogen) atoms. The van der Waals surface area contributed by atoms with Crippen LogP contribution in [0.1, 0.15) is 28.9 Å². The number of nitrogens with two attached hydrogens (primary N) is 1. The molecule has 0 unspecified atom stereocenters. The maximum atomic E-state index is 12.7. The number of alkyl halides is 2. The molecule has 4 nitrogen and oxygen atoms in total. The number of carbonyl (C=O) groups is 1. The van der Waals surface area contributed by atoms with Crippen LogP contribution in [0.15, 0.2) is 6.07 Å². The molecule has 6 heteroatoms. The highest BCUT2D eigenvalue weighted by molar-refractivity contribution is 5.72. The second kappa shape index (κ2) is 5.67. The van der Waals surface area contributed by atoms with E-state index in [1.54, 1.807) is 0 Å². The minimum Gasteiger partial charge on any atom is -0.469 e. The molecule has 0 radical (unpaired) electrons. The van der Waals surface area contributed by atoms with E-state index in [0.29, 0.717) is 11.3 Å². The minimum absolute atomic E-state index is 0.0939. The third-order valence-corrected chi connectivity index (χ3v) is 2.41. The van der Waals surface area contributed by atoms with Crippen molar-refractivity contribution in [3.05, 3.63) is 28.6 Å². The first-order valence-electron chi connectivity index (χ1n) is 5.04. The quantitative estimate of drug-likeness (QED) is 0.815. The van der Waals surface area contributed by atoms with E-state index in [0.717, 1.165) is 0 Å². The summed E-state index contributed by atoms with van der Waals surface area (Å²) in [7, 11) is 1.24. The van der Waals surface area contributed by atoms with E-state index < -0.39 is 12.4 Å². The molecular formula is C11H14F2N2O2. The van der Waals surface area contributed by atoms with Gasteiger partial charge in [0.05, 0.1) is 19.2 Å². The van der Waals surface area contributed by atoms with Gasteiger partial charge in [-0.25, -0.2) is 8.78 Å². The highest BCUT2D eigenvalue weighted by Gasteiger charge is 2.17. The van der Waals surface area contributed by atoms with Gasteiger partial charge in [0.25, 0.3) is 6.43 Å². The summed E-state index contributed by atoms with van der Waals surface area (Å²) in [4.78, 5) is 15.1. The number of aromatic nitrogens is 1. The lowest BCUT2D eigenvalue weighted by atomic mass is 10.1. The van der Waals surface area contributed by atoms with Gasteiger partial charge in [-0.15, -0.1) is 0 Å². The van der Waals surface area contributed by atoms with Crippen molar-refractivity contribution in [2.75, 3.05) is 7.11 Å². The van der Waals surface area contributed by atoms with Gasteiger partial charge in [-0.3, -0.25) is 9.78 Å². The molecule has 0 aliphatic carbocycles. The van der Waals surface area contributed by atoms with Gasteiger partial charge in [-0.05, 0) is 18.6 Å². The van der Waals surface area contributed by atoms with Crippen molar-refractivity contribution < 1.29 is 18.3 Å². The first kappa shape index (κ1) is 13.5. The van der Waals surface area contributed by atoms with Gasteiger partial charge in [0, 0.05) is 17.8 Å². The van der Waals surface area contributed by atoms with Gasteiger partial charge in [0.15, 0.2) is 0 Å². The molecule has 1 rings (SSSR count). The maximum absolute atomic E-state index is 12.7. The third kappa shape index (κ3) is 3.20. The average molecular weight is 244 g/mol. The summed E-state index contributed by atoms with van der Waals surface area (Å²) in [5.74, 6) is -0.509. The Kier molecular flexibility index (Phi) is 4.51. The van der Waals surface area contributed by atoms with Gasteiger partial charge in [0.2, 0.25) is 0 Å². The van der Waals surface area contributed by atoms with Crippen molar-refractivity contribution in [3.8, 4) is 0 Å². The molecule has 0 saturated carbocycles. The van der Waals surface area contributed by atoms with E-state index in [1.807, 2.05) is 0 Å². The average Bonchev–Trinajstić information content (AvgIpc) is 2.30. The van der Waals surface area contributed by atoms with Crippen LogP contribution in [0.3, 0.4) is 0 Å². The summed E-state index contributed by atoms with van der Waals surface area (Å²) in [6.07, 6.45) is -2.72. The fourth-order valence-electron chi connectivity index (χ4n) is 1.49. The molecule has 0 bridgehead atoms. The van der Waals surface area contributed by atoms with Crippen molar-refractivity contribution >= 4 is 5.97 Å². The minimum atomic E-state index is -2.62. The summed E-state index contributed by atoms with van der Waals surface area (Å²) in [6.45, 7) is 1.58. The second-order valence-corrected chi connectivity index (χ2v) is 3.53. The Morgan fingerprint density at radius 2 is 2.24 bits per heavy atom. The monoisotopic (exact) mass is 244 g/mol. The first-order valence-corrected chi connectivity index (χ1v) is 5.04. The van der Waals surface area contributed by atoms with E-state index in [-0.39, 0.29) is 24.2 Å². The van der Waals surface area contributed by atoms with Crippen LogP contribution >= 0.6 is 0 Å². The summed E-state index contributed by atoms with van der Waals surface area (Å²) >= 11 is 0. The summed E-state index contributed by atoms with van der Waals surface area (Å²) in [5.41, 5.74) is 6.34. The molecule has 0 fully saturated rings. The fraction of sp³-hybridized carbons (Fsp3) is 0.455. The lowest BCUT2D eigenvalue weighted by Crippen LogP contribution is -2.13. The lowest BCUT2D eigenvalue weighted by molar-refractivity contribution is -0.139. The molecule has 0 atom stereocenters. The molecule has 2 N–H and O–H groups in total. The summed E-state index contributed by atoms with van der Waals surface area (Å²) in [6, 6.07) is 1.27. The molecule has 94 valence electrons. The number of rotatable bonds is 4. The number of ether oxygens (including phenoxy) is 1. The SMILES string of the molecule is COC(=O)Cc1cc(C(F)F)c(C)nc1CN. The van der Waals surface area contributed by atoms with Gasteiger partial charge in [0.1, 0.15) is 0 Å². The van der Waals surface area contributed by atoms with Crippen molar-refractivity contribution in [2.24, 2.45) is 5.73 Å². The van der Waals surface area contributed by atoms with E-state index in [4.69, 9.17) is 5.73 Å². The van der Waals surface area contributed by atoms with Crippen molar-refractivity contribution in [2.45, 2.75) is 26.3 Å². The van der Waals surface area contributed by atoms with E-state index in [1.165, 1.54) is 20.1 Å². The van der Waals surface area contributed by atoms with Gasteiger partial charge >= 0.3 is 5.97 Å². The number of methoxy groups -OCH3 is 1. The lowest BCUT2D eigenvalue weighted by Gasteiger charge is -2.11. The van der Waals surface area contributed by atoms with Crippen LogP contribution in [0, 0.1) is 6.92 Å². The number of aryl methyl sites for hydroxylation is 1. The van der Waals surface area contributed by atoms with Crippen LogP contribution < -0.4 is 5.73 Å². The molecule has 0 aliphatic heterocycles. The number of esters is 1. The number of halogens is 2. The summed E-state index contributed by atoms with van der Waals surface area (Å²) in [5, 5.41) is 0. The topological polar surface area (TPSA) is 65.2 Å². The van der Waals surface area contributed by atoms with Gasteiger partial charge < -0.3 is 10.5 Å². The Hall–Kier alpha value is -1.56. The predicted molar refractivity (Wildman–Crippen MR) is 57.5 cm³/mol. The number of hydrogen-bond acceptors (Lipinski definition) is 4. The number of pyridine rings is 1. The molecule has 0 spiro atoms. The van der Waals surface area contributed by atoms with E-state index >= 15 is 0 Å². The van der Waals surface area contributed by atoms with Crippen molar-refractivity contribution in [3.63, 3.8) is 0 Å². The number of hydrogen-bond donors (Lipinski definition) is 1. The van der Waals surface area contributed by atoms with Crippen molar-refractivity contribution in [1.82, 2.24) is 4.98 Å². The largest absolute Gasteiger partial charge is 0.469 e.